The molecule has 1 rings (SSSR count). The quantitative estimate of drug-likeness (QED) is 0.599. The van der Waals surface area contributed by atoms with Crippen molar-refractivity contribution in [2.24, 2.45) is 0 Å². The second-order valence-electron chi connectivity index (χ2n) is 2.06. The number of aromatic nitrogens is 1. The Balaban J connectivity index is 3.14. The maximum Gasteiger partial charge on any atom is 0.0510 e. The molecule has 1 nitrogen and oxygen atoms in total. The van der Waals surface area contributed by atoms with E-state index in [1.54, 1.807) is 12.4 Å². The summed E-state index contributed by atoms with van der Waals surface area (Å²) in [5.74, 6) is 0.424. The van der Waals surface area contributed by atoms with Crippen molar-refractivity contribution in [1.29, 1.82) is 0 Å². The highest BCUT2D eigenvalue weighted by atomic mass is 35.5. The second-order valence-corrected chi connectivity index (χ2v) is 2.71. The van der Waals surface area contributed by atoms with E-state index < -0.39 is 0 Å². The highest BCUT2D eigenvalue weighted by molar-refractivity contribution is 6.32. The molecule has 0 amide bonds. The molecule has 0 aliphatic heterocycles. The molecule has 10 heavy (non-hydrogen) atoms. The first kappa shape index (κ1) is 7.83. The molecule has 1 aromatic heterocycles. The molecular formula is C7H7Cl2N. The molecule has 0 saturated heterocycles. The third kappa shape index (κ3) is 1.41. The summed E-state index contributed by atoms with van der Waals surface area (Å²) < 4.78 is 0. The summed E-state index contributed by atoms with van der Waals surface area (Å²) in [6.45, 7) is 1.91. The van der Waals surface area contributed by atoms with Crippen molar-refractivity contribution in [3.05, 3.63) is 28.5 Å². The van der Waals surface area contributed by atoms with E-state index in [0.717, 1.165) is 16.1 Å². The van der Waals surface area contributed by atoms with Crippen LogP contribution in [0.2, 0.25) is 5.02 Å². The fourth-order valence-electron chi connectivity index (χ4n) is 0.699. The first-order valence-corrected chi connectivity index (χ1v) is 3.82. The molecule has 3 heteroatoms. The molecule has 0 N–H and O–H groups in total. The Morgan fingerprint density at radius 2 is 2.20 bits per heavy atom. The van der Waals surface area contributed by atoms with Crippen LogP contribution in [-0.2, 0) is 5.88 Å². The van der Waals surface area contributed by atoms with E-state index in [9.17, 15) is 0 Å². The predicted molar refractivity (Wildman–Crippen MR) is 43.5 cm³/mol. The van der Waals surface area contributed by atoms with Crippen LogP contribution in [0.25, 0.3) is 0 Å². The van der Waals surface area contributed by atoms with Crippen LogP contribution in [0.1, 0.15) is 11.1 Å². The van der Waals surface area contributed by atoms with E-state index in [4.69, 9.17) is 23.2 Å². The van der Waals surface area contributed by atoms with Gasteiger partial charge in [-0.3, -0.25) is 4.98 Å². The molecule has 0 aliphatic carbocycles. The molecule has 0 aromatic carbocycles. The van der Waals surface area contributed by atoms with Crippen LogP contribution in [-0.4, -0.2) is 4.98 Å². The number of pyridine rings is 1. The van der Waals surface area contributed by atoms with Crippen molar-refractivity contribution in [1.82, 2.24) is 4.98 Å². The van der Waals surface area contributed by atoms with Gasteiger partial charge < -0.3 is 0 Å². The number of aryl methyl sites for hydroxylation is 1. The van der Waals surface area contributed by atoms with Crippen LogP contribution >= 0.6 is 23.2 Å². The van der Waals surface area contributed by atoms with Crippen molar-refractivity contribution in [3.8, 4) is 0 Å². The summed E-state index contributed by atoms with van der Waals surface area (Å²) in [5.41, 5.74) is 1.86. The largest absolute Gasteiger partial charge is 0.264 e. The minimum atomic E-state index is 0.424. The van der Waals surface area contributed by atoms with Gasteiger partial charge in [0.25, 0.3) is 0 Å². The third-order valence-corrected chi connectivity index (χ3v) is 2.10. The smallest absolute Gasteiger partial charge is 0.0510 e. The van der Waals surface area contributed by atoms with E-state index in [1.165, 1.54) is 0 Å². The molecule has 0 spiro atoms. The Hall–Kier alpha value is -0.270. The molecule has 0 aliphatic rings. The van der Waals surface area contributed by atoms with E-state index in [0.29, 0.717) is 5.88 Å². The number of hydrogen-bond acceptors (Lipinski definition) is 1. The van der Waals surface area contributed by atoms with Gasteiger partial charge >= 0.3 is 0 Å². The number of alkyl halides is 1. The zero-order chi connectivity index (χ0) is 7.56. The van der Waals surface area contributed by atoms with Crippen molar-refractivity contribution >= 4 is 23.2 Å². The molecule has 0 bridgehead atoms. The molecule has 1 heterocycles. The summed E-state index contributed by atoms with van der Waals surface area (Å²) in [5, 5.41) is 0.727. The Morgan fingerprint density at radius 3 is 2.70 bits per heavy atom. The minimum Gasteiger partial charge on any atom is -0.264 e. The lowest BCUT2D eigenvalue weighted by atomic mass is 10.2. The van der Waals surface area contributed by atoms with Gasteiger partial charge in [0.1, 0.15) is 0 Å². The Labute approximate surface area is 70.0 Å². The fourth-order valence-corrected chi connectivity index (χ4v) is 1.13. The molecule has 1 aromatic rings. The van der Waals surface area contributed by atoms with Gasteiger partial charge in [-0.2, -0.15) is 0 Å². The first-order chi connectivity index (χ1) is 4.75. The Kier molecular flexibility index (Phi) is 2.52. The van der Waals surface area contributed by atoms with Crippen LogP contribution in [0, 0.1) is 6.92 Å². The highest BCUT2D eigenvalue weighted by Crippen LogP contribution is 2.19. The third-order valence-electron chi connectivity index (χ3n) is 1.27. The van der Waals surface area contributed by atoms with Gasteiger partial charge in [0, 0.05) is 18.0 Å². The average Bonchev–Trinajstić information content (AvgIpc) is 1.95. The summed E-state index contributed by atoms with van der Waals surface area (Å²) in [6.07, 6.45) is 3.40. The highest BCUT2D eigenvalue weighted by Gasteiger charge is 2.00. The predicted octanol–water partition coefficient (Wildman–Crippen LogP) is 2.78. The van der Waals surface area contributed by atoms with Crippen LogP contribution in [0.5, 0.6) is 0 Å². The number of hydrogen-bond donors (Lipinski definition) is 0. The number of nitrogens with zero attached hydrogens (tertiary/aromatic N) is 1. The molecule has 0 radical (unpaired) electrons. The van der Waals surface area contributed by atoms with Gasteiger partial charge in [0.2, 0.25) is 0 Å². The minimum absolute atomic E-state index is 0.424. The molecule has 0 atom stereocenters. The normalized spacial score (nSPS) is 9.90. The number of halogens is 2. The Bertz CT molecular complexity index is 235. The van der Waals surface area contributed by atoms with E-state index in [1.807, 2.05) is 6.92 Å². The van der Waals surface area contributed by atoms with Gasteiger partial charge in [-0.25, -0.2) is 0 Å². The topological polar surface area (TPSA) is 12.9 Å². The molecule has 54 valence electrons. The van der Waals surface area contributed by atoms with Crippen molar-refractivity contribution < 1.29 is 0 Å². The van der Waals surface area contributed by atoms with Crippen molar-refractivity contribution in [2.45, 2.75) is 12.8 Å². The van der Waals surface area contributed by atoms with Crippen LogP contribution in [0.4, 0.5) is 0 Å². The summed E-state index contributed by atoms with van der Waals surface area (Å²) in [6, 6.07) is 0. The SMILES string of the molecule is Cc1cncc(CCl)c1Cl. The fraction of sp³-hybridized carbons (Fsp3) is 0.286. The zero-order valence-corrected chi connectivity index (χ0v) is 7.08. The summed E-state index contributed by atoms with van der Waals surface area (Å²) in [7, 11) is 0. The molecule has 0 unspecified atom stereocenters. The lowest BCUT2D eigenvalue weighted by Gasteiger charge is -2.00. The average molecular weight is 176 g/mol. The maximum absolute atomic E-state index is 5.87. The first-order valence-electron chi connectivity index (χ1n) is 2.90. The summed E-state index contributed by atoms with van der Waals surface area (Å²) in [4.78, 5) is 3.95. The lowest BCUT2D eigenvalue weighted by Crippen LogP contribution is -1.85. The van der Waals surface area contributed by atoms with Gasteiger partial charge in [-0.05, 0) is 12.5 Å². The molecule has 0 saturated carbocycles. The zero-order valence-electron chi connectivity index (χ0n) is 5.56. The van der Waals surface area contributed by atoms with E-state index in [-0.39, 0.29) is 0 Å². The lowest BCUT2D eigenvalue weighted by molar-refractivity contribution is 1.20. The molecule has 0 fully saturated rings. The van der Waals surface area contributed by atoms with Crippen LogP contribution in [0.3, 0.4) is 0 Å². The molecular weight excluding hydrogens is 169 g/mol. The van der Waals surface area contributed by atoms with E-state index >= 15 is 0 Å². The number of rotatable bonds is 1. The van der Waals surface area contributed by atoms with Crippen LogP contribution in [0.15, 0.2) is 12.4 Å². The summed E-state index contributed by atoms with van der Waals surface area (Å²) >= 11 is 11.4. The maximum atomic E-state index is 5.87. The van der Waals surface area contributed by atoms with E-state index in [2.05, 4.69) is 4.98 Å². The van der Waals surface area contributed by atoms with Gasteiger partial charge in [0.05, 0.1) is 10.9 Å². The van der Waals surface area contributed by atoms with Crippen molar-refractivity contribution in [3.63, 3.8) is 0 Å². The van der Waals surface area contributed by atoms with Gasteiger partial charge in [-0.15, -0.1) is 11.6 Å². The van der Waals surface area contributed by atoms with Gasteiger partial charge in [-0.1, -0.05) is 11.6 Å². The second kappa shape index (κ2) is 3.22. The van der Waals surface area contributed by atoms with Gasteiger partial charge in [0.15, 0.2) is 0 Å². The monoisotopic (exact) mass is 175 g/mol. The Morgan fingerprint density at radius 1 is 1.50 bits per heavy atom. The van der Waals surface area contributed by atoms with Crippen molar-refractivity contribution in [2.75, 3.05) is 0 Å². The van der Waals surface area contributed by atoms with Crippen LogP contribution < -0.4 is 0 Å². The standard InChI is InChI=1S/C7H7Cl2N/c1-5-3-10-4-6(2-8)7(5)9/h3-4H,2H2,1H3.